The summed E-state index contributed by atoms with van der Waals surface area (Å²) in [6, 6.07) is 8.55. The Morgan fingerprint density at radius 2 is 1.90 bits per heavy atom. The SMILES string of the molecule is OC(CNc1ccc(Cl)c(Br)c1)c1ccc(F)c(F)c1. The highest BCUT2D eigenvalue weighted by molar-refractivity contribution is 9.10. The molecule has 2 rings (SSSR count). The van der Waals surface area contributed by atoms with Gasteiger partial charge in [0.15, 0.2) is 11.6 Å². The predicted octanol–water partition coefficient (Wildman–Crippen LogP) is 4.53. The van der Waals surface area contributed by atoms with Crippen LogP contribution in [0.2, 0.25) is 5.02 Å². The lowest BCUT2D eigenvalue weighted by Crippen LogP contribution is -2.12. The van der Waals surface area contributed by atoms with Gasteiger partial charge >= 0.3 is 0 Å². The quantitative estimate of drug-likeness (QED) is 0.838. The van der Waals surface area contributed by atoms with E-state index in [1.165, 1.54) is 6.07 Å². The van der Waals surface area contributed by atoms with Gasteiger partial charge in [-0.15, -0.1) is 0 Å². The largest absolute Gasteiger partial charge is 0.387 e. The maximum atomic E-state index is 13.1. The second-order valence-electron chi connectivity index (χ2n) is 4.20. The lowest BCUT2D eigenvalue weighted by molar-refractivity contribution is 0.191. The minimum atomic E-state index is -0.976. The van der Waals surface area contributed by atoms with Gasteiger partial charge in [0.25, 0.3) is 0 Å². The Morgan fingerprint density at radius 1 is 1.15 bits per heavy atom. The molecule has 0 saturated carbocycles. The summed E-state index contributed by atoms with van der Waals surface area (Å²) in [4.78, 5) is 0. The number of rotatable bonds is 4. The summed E-state index contributed by atoms with van der Waals surface area (Å²) in [6.45, 7) is 0.166. The summed E-state index contributed by atoms with van der Waals surface area (Å²) in [6.07, 6.45) is -0.945. The molecule has 2 aromatic carbocycles. The Balaban J connectivity index is 2.02. The van der Waals surface area contributed by atoms with Crippen LogP contribution in [-0.4, -0.2) is 11.7 Å². The van der Waals surface area contributed by atoms with Gasteiger partial charge in [0.1, 0.15) is 0 Å². The first-order chi connectivity index (χ1) is 9.47. The van der Waals surface area contributed by atoms with Crippen LogP contribution < -0.4 is 5.32 Å². The van der Waals surface area contributed by atoms with Crippen molar-refractivity contribution in [2.45, 2.75) is 6.10 Å². The van der Waals surface area contributed by atoms with Crippen LogP contribution in [-0.2, 0) is 0 Å². The third-order valence-electron chi connectivity index (χ3n) is 2.75. The third kappa shape index (κ3) is 3.69. The van der Waals surface area contributed by atoms with Crippen molar-refractivity contribution < 1.29 is 13.9 Å². The van der Waals surface area contributed by atoms with Gasteiger partial charge in [0, 0.05) is 16.7 Å². The highest BCUT2D eigenvalue weighted by Crippen LogP contribution is 2.26. The van der Waals surface area contributed by atoms with E-state index in [-0.39, 0.29) is 6.54 Å². The summed E-state index contributed by atoms with van der Waals surface area (Å²) in [5.41, 5.74) is 1.06. The molecule has 2 N–H and O–H groups in total. The van der Waals surface area contributed by atoms with E-state index in [0.29, 0.717) is 10.6 Å². The molecule has 2 aromatic rings. The highest BCUT2D eigenvalue weighted by Gasteiger charge is 2.11. The first-order valence-electron chi connectivity index (χ1n) is 5.79. The van der Waals surface area contributed by atoms with Gasteiger partial charge in [0.05, 0.1) is 11.1 Å². The first kappa shape index (κ1) is 15.2. The zero-order valence-corrected chi connectivity index (χ0v) is 12.5. The summed E-state index contributed by atoms with van der Waals surface area (Å²) >= 11 is 9.16. The van der Waals surface area contributed by atoms with Crippen molar-refractivity contribution in [1.29, 1.82) is 0 Å². The second-order valence-corrected chi connectivity index (χ2v) is 5.46. The monoisotopic (exact) mass is 361 g/mol. The van der Waals surface area contributed by atoms with E-state index in [9.17, 15) is 13.9 Å². The molecule has 20 heavy (non-hydrogen) atoms. The standard InChI is InChI=1S/C14H11BrClF2NO/c15-10-6-9(2-3-11(10)16)19-7-14(20)8-1-4-12(17)13(18)5-8/h1-6,14,19-20H,7H2. The third-order valence-corrected chi connectivity index (χ3v) is 3.96. The molecule has 0 amide bonds. The van der Waals surface area contributed by atoms with E-state index in [2.05, 4.69) is 21.2 Å². The summed E-state index contributed by atoms with van der Waals surface area (Å²) < 4.78 is 26.6. The minimum Gasteiger partial charge on any atom is -0.387 e. The van der Waals surface area contributed by atoms with Crippen LogP contribution in [0.1, 0.15) is 11.7 Å². The molecule has 0 saturated heterocycles. The molecule has 2 nitrogen and oxygen atoms in total. The Kier molecular flexibility index (Phi) is 4.96. The van der Waals surface area contributed by atoms with Gasteiger partial charge in [-0.25, -0.2) is 8.78 Å². The van der Waals surface area contributed by atoms with Crippen LogP contribution >= 0.6 is 27.5 Å². The fourth-order valence-electron chi connectivity index (χ4n) is 1.66. The molecule has 0 fully saturated rings. The lowest BCUT2D eigenvalue weighted by atomic mass is 10.1. The molecule has 1 atom stereocenters. The van der Waals surface area contributed by atoms with Crippen molar-refractivity contribution in [2.24, 2.45) is 0 Å². The summed E-state index contributed by atoms with van der Waals surface area (Å²) in [7, 11) is 0. The predicted molar refractivity (Wildman–Crippen MR) is 79.0 cm³/mol. The van der Waals surface area contributed by atoms with Crippen LogP contribution in [0.3, 0.4) is 0 Å². The number of hydrogen-bond acceptors (Lipinski definition) is 2. The Bertz CT molecular complexity index is 624. The second kappa shape index (κ2) is 6.52. The van der Waals surface area contributed by atoms with E-state index >= 15 is 0 Å². The Labute approximate surface area is 128 Å². The maximum absolute atomic E-state index is 13.1. The van der Waals surface area contributed by atoms with E-state index in [4.69, 9.17) is 11.6 Å². The number of hydrogen-bond donors (Lipinski definition) is 2. The van der Waals surface area contributed by atoms with Gasteiger partial charge in [-0.3, -0.25) is 0 Å². The van der Waals surface area contributed by atoms with E-state index in [1.54, 1.807) is 18.2 Å². The van der Waals surface area contributed by atoms with Crippen LogP contribution in [0.5, 0.6) is 0 Å². The number of aliphatic hydroxyl groups is 1. The summed E-state index contributed by atoms with van der Waals surface area (Å²) in [5.74, 6) is -1.91. The number of anilines is 1. The van der Waals surface area contributed by atoms with Crippen molar-refractivity contribution in [3.8, 4) is 0 Å². The number of aliphatic hydroxyl groups excluding tert-OH is 1. The minimum absolute atomic E-state index is 0.166. The molecule has 0 aliphatic heterocycles. The fourth-order valence-corrected chi connectivity index (χ4v) is 2.15. The van der Waals surface area contributed by atoms with Crippen LogP contribution in [0.15, 0.2) is 40.9 Å². The molecule has 6 heteroatoms. The Morgan fingerprint density at radius 3 is 2.55 bits per heavy atom. The van der Waals surface area contributed by atoms with Crippen molar-refractivity contribution >= 4 is 33.2 Å². The highest BCUT2D eigenvalue weighted by atomic mass is 79.9. The smallest absolute Gasteiger partial charge is 0.159 e. The zero-order valence-electron chi connectivity index (χ0n) is 10.2. The Hall–Kier alpha value is -1.17. The zero-order chi connectivity index (χ0) is 14.7. The number of halogens is 4. The van der Waals surface area contributed by atoms with Crippen LogP contribution in [0.25, 0.3) is 0 Å². The molecule has 0 aromatic heterocycles. The van der Waals surface area contributed by atoms with Crippen molar-refractivity contribution in [3.05, 3.63) is 63.1 Å². The van der Waals surface area contributed by atoms with Gasteiger partial charge in [-0.05, 0) is 51.8 Å². The lowest BCUT2D eigenvalue weighted by Gasteiger charge is -2.14. The average molecular weight is 363 g/mol. The van der Waals surface area contributed by atoms with Gasteiger partial charge < -0.3 is 10.4 Å². The molecule has 0 spiro atoms. The molecule has 1 unspecified atom stereocenters. The number of benzene rings is 2. The van der Waals surface area contributed by atoms with Crippen molar-refractivity contribution in [3.63, 3.8) is 0 Å². The van der Waals surface area contributed by atoms with Gasteiger partial charge in [-0.2, -0.15) is 0 Å². The van der Waals surface area contributed by atoms with Crippen molar-refractivity contribution in [1.82, 2.24) is 0 Å². The molecular weight excluding hydrogens is 352 g/mol. The van der Waals surface area contributed by atoms with Crippen molar-refractivity contribution in [2.75, 3.05) is 11.9 Å². The van der Waals surface area contributed by atoms with Gasteiger partial charge in [-0.1, -0.05) is 17.7 Å². The first-order valence-corrected chi connectivity index (χ1v) is 6.96. The maximum Gasteiger partial charge on any atom is 0.159 e. The molecule has 0 radical (unpaired) electrons. The molecule has 0 aliphatic carbocycles. The molecule has 0 heterocycles. The van der Waals surface area contributed by atoms with E-state index < -0.39 is 17.7 Å². The average Bonchev–Trinajstić information content (AvgIpc) is 2.43. The molecule has 106 valence electrons. The van der Waals surface area contributed by atoms with E-state index in [0.717, 1.165) is 22.3 Å². The molecule has 0 aliphatic rings. The van der Waals surface area contributed by atoms with Crippen LogP contribution in [0.4, 0.5) is 14.5 Å². The topological polar surface area (TPSA) is 32.3 Å². The summed E-state index contributed by atoms with van der Waals surface area (Å²) in [5, 5.41) is 13.5. The molecular formula is C14H11BrClF2NO. The van der Waals surface area contributed by atoms with E-state index in [1.807, 2.05) is 0 Å². The van der Waals surface area contributed by atoms with Crippen LogP contribution in [0, 0.1) is 11.6 Å². The molecule has 0 bridgehead atoms. The fraction of sp³-hybridized carbons (Fsp3) is 0.143. The number of nitrogens with one attached hydrogen (secondary N) is 1. The normalized spacial score (nSPS) is 12.2. The van der Waals surface area contributed by atoms with Gasteiger partial charge in [0.2, 0.25) is 0 Å².